The number of carbonyl (C=O) groups is 1. The summed E-state index contributed by atoms with van der Waals surface area (Å²) in [6.07, 6.45) is 2.14. The zero-order valence-electron chi connectivity index (χ0n) is 5.05. The van der Waals surface area contributed by atoms with E-state index in [-0.39, 0.29) is 6.04 Å². The quantitative estimate of drug-likeness (QED) is 0.491. The fourth-order valence-electron chi connectivity index (χ4n) is 1.04. The van der Waals surface area contributed by atoms with Gasteiger partial charge in [-0.25, -0.2) is 0 Å². The summed E-state index contributed by atoms with van der Waals surface area (Å²) >= 11 is 0. The molecule has 1 fully saturated rings. The van der Waals surface area contributed by atoms with Crippen LogP contribution in [0.3, 0.4) is 0 Å². The Labute approximate surface area is 49.3 Å². The van der Waals surface area contributed by atoms with Crippen molar-refractivity contribution in [1.29, 1.82) is 0 Å². The maximum Gasteiger partial charge on any atom is 0.137 e. The minimum atomic E-state index is 0.134. The van der Waals surface area contributed by atoms with Gasteiger partial charge in [0.1, 0.15) is 6.29 Å². The molecule has 0 aromatic rings. The van der Waals surface area contributed by atoms with E-state index in [1.807, 2.05) is 0 Å². The lowest BCUT2D eigenvalue weighted by Gasteiger charge is -2.04. The molecule has 46 valence electrons. The van der Waals surface area contributed by atoms with Crippen molar-refractivity contribution in [2.75, 3.05) is 6.54 Å². The molecule has 2 heteroatoms. The Hall–Kier alpha value is -0.370. The normalized spacial score (nSPS) is 37.6. The molecule has 1 heterocycles. The van der Waals surface area contributed by atoms with Gasteiger partial charge in [0, 0.05) is 0 Å². The van der Waals surface area contributed by atoms with Crippen LogP contribution in [0.25, 0.3) is 0 Å². The van der Waals surface area contributed by atoms with E-state index in [9.17, 15) is 4.79 Å². The van der Waals surface area contributed by atoms with Crippen LogP contribution in [0.15, 0.2) is 0 Å². The lowest BCUT2D eigenvalue weighted by molar-refractivity contribution is -0.109. The van der Waals surface area contributed by atoms with Crippen molar-refractivity contribution in [3.8, 4) is 0 Å². The molecule has 1 saturated heterocycles. The summed E-state index contributed by atoms with van der Waals surface area (Å²) in [6.45, 7) is 3.10. The van der Waals surface area contributed by atoms with Crippen LogP contribution in [0.1, 0.15) is 13.3 Å². The van der Waals surface area contributed by atoms with Crippen molar-refractivity contribution in [1.82, 2.24) is 5.32 Å². The van der Waals surface area contributed by atoms with Gasteiger partial charge in [0.25, 0.3) is 0 Å². The number of hydrogen-bond donors (Lipinski definition) is 1. The molecule has 0 aromatic carbocycles. The number of rotatable bonds is 1. The van der Waals surface area contributed by atoms with Crippen LogP contribution in [0.5, 0.6) is 0 Å². The third kappa shape index (κ3) is 0.892. The van der Waals surface area contributed by atoms with E-state index in [0.717, 1.165) is 19.3 Å². The average molecular weight is 113 g/mol. The summed E-state index contributed by atoms with van der Waals surface area (Å²) < 4.78 is 0. The molecule has 2 atom stereocenters. The minimum absolute atomic E-state index is 0.134. The van der Waals surface area contributed by atoms with Crippen molar-refractivity contribution in [3.05, 3.63) is 0 Å². The molecule has 1 aliphatic rings. The van der Waals surface area contributed by atoms with Crippen LogP contribution >= 0.6 is 0 Å². The zero-order chi connectivity index (χ0) is 5.98. The fraction of sp³-hybridized carbons (Fsp3) is 0.833. The van der Waals surface area contributed by atoms with Gasteiger partial charge in [-0.05, 0) is 18.9 Å². The smallest absolute Gasteiger partial charge is 0.137 e. The highest BCUT2D eigenvalue weighted by Gasteiger charge is 2.20. The van der Waals surface area contributed by atoms with Gasteiger partial charge < -0.3 is 10.1 Å². The van der Waals surface area contributed by atoms with Crippen LogP contribution in [0.4, 0.5) is 0 Å². The van der Waals surface area contributed by atoms with E-state index in [1.54, 1.807) is 0 Å². The molecule has 0 amide bonds. The molecular formula is C6H11NO. The van der Waals surface area contributed by atoms with E-state index in [4.69, 9.17) is 0 Å². The third-order valence-electron chi connectivity index (χ3n) is 1.74. The maximum atomic E-state index is 10.2. The number of aldehydes is 1. The molecule has 0 radical (unpaired) electrons. The Morgan fingerprint density at radius 2 is 2.50 bits per heavy atom. The predicted molar refractivity (Wildman–Crippen MR) is 31.6 cm³/mol. The maximum absolute atomic E-state index is 10.2. The fourth-order valence-corrected chi connectivity index (χ4v) is 1.04. The summed E-state index contributed by atoms with van der Waals surface area (Å²) in [4.78, 5) is 10.2. The second-order valence-corrected chi connectivity index (χ2v) is 2.38. The molecular weight excluding hydrogens is 102 g/mol. The van der Waals surface area contributed by atoms with Crippen LogP contribution in [0, 0.1) is 5.92 Å². The first kappa shape index (κ1) is 5.76. The molecule has 0 aromatic heterocycles. The monoisotopic (exact) mass is 113 g/mol. The van der Waals surface area contributed by atoms with Crippen molar-refractivity contribution < 1.29 is 4.79 Å². The molecule has 2 nitrogen and oxygen atoms in total. The zero-order valence-corrected chi connectivity index (χ0v) is 5.05. The number of carbonyl (C=O) groups excluding carboxylic acids is 1. The van der Waals surface area contributed by atoms with Crippen molar-refractivity contribution in [2.24, 2.45) is 5.92 Å². The topological polar surface area (TPSA) is 29.1 Å². The molecule has 1 rings (SSSR count). The first-order valence-electron chi connectivity index (χ1n) is 3.03. The van der Waals surface area contributed by atoms with Gasteiger partial charge in [0.05, 0.1) is 6.04 Å². The Morgan fingerprint density at radius 1 is 1.75 bits per heavy atom. The lowest BCUT2D eigenvalue weighted by atomic mass is 10.1. The molecule has 1 unspecified atom stereocenters. The molecule has 0 saturated carbocycles. The first-order chi connectivity index (χ1) is 3.84. The van der Waals surface area contributed by atoms with Gasteiger partial charge in [-0.15, -0.1) is 0 Å². The molecule has 0 bridgehead atoms. The van der Waals surface area contributed by atoms with E-state index in [2.05, 4.69) is 12.2 Å². The summed E-state index contributed by atoms with van der Waals surface area (Å²) in [5, 5.41) is 3.09. The second kappa shape index (κ2) is 2.27. The molecule has 8 heavy (non-hydrogen) atoms. The summed E-state index contributed by atoms with van der Waals surface area (Å²) in [5.74, 6) is 0.549. The van der Waals surface area contributed by atoms with Gasteiger partial charge in [-0.3, -0.25) is 0 Å². The standard InChI is InChI=1S/C6H11NO/c1-5-2-3-7-6(5)4-8/h4-7H,2-3H2,1H3/t5-,6?/m1/s1. The summed E-state index contributed by atoms with van der Waals surface area (Å²) in [7, 11) is 0. The SMILES string of the molecule is C[C@@H]1CCNC1C=O. The van der Waals surface area contributed by atoms with Crippen molar-refractivity contribution in [2.45, 2.75) is 19.4 Å². The highest BCUT2D eigenvalue weighted by Crippen LogP contribution is 2.11. The van der Waals surface area contributed by atoms with Gasteiger partial charge in [-0.2, -0.15) is 0 Å². The van der Waals surface area contributed by atoms with Crippen LogP contribution in [-0.4, -0.2) is 18.9 Å². The molecule has 1 N–H and O–H groups in total. The van der Waals surface area contributed by atoms with Crippen LogP contribution in [0.2, 0.25) is 0 Å². The van der Waals surface area contributed by atoms with Gasteiger partial charge in [0.2, 0.25) is 0 Å². The Bertz CT molecular complexity index is 92.5. The van der Waals surface area contributed by atoms with E-state index in [1.165, 1.54) is 0 Å². The molecule has 1 aliphatic heterocycles. The van der Waals surface area contributed by atoms with E-state index in [0.29, 0.717) is 5.92 Å². The van der Waals surface area contributed by atoms with Gasteiger partial charge in [-0.1, -0.05) is 6.92 Å². The third-order valence-corrected chi connectivity index (χ3v) is 1.74. The van der Waals surface area contributed by atoms with Crippen molar-refractivity contribution in [3.63, 3.8) is 0 Å². The van der Waals surface area contributed by atoms with Crippen LogP contribution < -0.4 is 5.32 Å². The van der Waals surface area contributed by atoms with E-state index >= 15 is 0 Å². The Balaban J connectivity index is 2.41. The number of nitrogens with one attached hydrogen (secondary N) is 1. The van der Waals surface area contributed by atoms with Crippen molar-refractivity contribution >= 4 is 6.29 Å². The average Bonchev–Trinajstić information content (AvgIpc) is 2.14. The summed E-state index contributed by atoms with van der Waals surface area (Å²) in [6, 6.07) is 0.134. The highest BCUT2D eigenvalue weighted by molar-refractivity contribution is 5.58. The minimum Gasteiger partial charge on any atom is -0.307 e. The largest absolute Gasteiger partial charge is 0.307 e. The second-order valence-electron chi connectivity index (χ2n) is 2.38. The Kier molecular flexibility index (Phi) is 1.63. The first-order valence-corrected chi connectivity index (χ1v) is 3.03. The van der Waals surface area contributed by atoms with Gasteiger partial charge >= 0.3 is 0 Å². The summed E-state index contributed by atoms with van der Waals surface area (Å²) in [5.41, 5.74) is 0. The predicted octanol–water partition coefficient (Wildman–Crippen LogP) is 0.183. The number of hydrogen-bond acceptors (Lipinski definition) is 2. The highest BCUT2D eigenvalue weighted by atomic mass is 16.1. The lowest BCUT2D eigenvalue weighted by Crippen LogP contribution is -2.26. The van der Waals surface area contributed by atoms with Crippen LogP contribution in [-0.2, 0) is 4.79 Å². The Morgan fingerprint density at radius 3 is 2.75 bits per heavy atom. The van der Waals surface area contributed by atoms with E-state index < -0.39 is 0 Å². The molecule has 0 aliphatic carbocycles. The molecule has 0 spiro atoms. The van der Waals surface area contributed by atoms with Gasteiger partial charge in [0.15, 0.2) is 0 Å².